The van der Waals surface area contributed by atoms with Crippen molar-refractivity contribution in [2.24, 2.45) is 5.92 Å². The van der Waals surface area contributed by atoms with Crippen LogP contribution in [0.2, 0.25) is 0 Å². The lowest BCUT2D eigenvalue weighted by Crippen LogP contribution is -2.55. The first-order valence-electron chi connectivity index (χ1n) is 15.5. The first kappa shape index (κ1) is 35.0. The van der Waals surface area contributed by atoms with E-state index in [1.165, 1.54) is 48.5 Å². The topological polar surface area (TPSA) is 131 Å². The van der Waals surface area contributed by atoms with E-state index in [9.17, 15) is 33.1 Å². The second-order valence-electron chi connectivity index (χ2n) is 11.0. The van der Waals surface area contributed by atoms with E-state index in [0.717, 1.165) is 5.56 Å². The van der Waals surface area contributed by atoms with Crippen LogP contribution in [-0.2, 0) is 28.7 Å². The molecule has 1 fully saturated rings. The Bertz CT molecular complexity index is 1520. The largest absolute Gasteiger partial charge is 0.484 e. The van der Waals surface area contributed by atoms with Gasteiger partial charge in [-0.2, -0.15) is 0 Å². The molecule has 250 valence electrons. The summed E-state index contributed by atoms with van der Waals surface area (Å²) in [5, 5.41) is 13.2. The maximum Gasteiger partial charge on any atom is 0.328 e. The van der Waals surface area contributed by atoms with Crippen molar-refractivity contribution in [2.75, 3.05) is 24.7 Å². The average molecular weight is 653 g/mol. The number of rotatable bonds is 16. The fourth-order valence-electron chi connectivity index (χ4n) is 5.42. The zero-order valence-corrected chi connectivity index (χ0v) is 26.2. The number of carbonyl (C=O) groups is 4. The Kier molecular flexibility index (Phi) is 12.4. The first-order chi connectivity index (χ1) is 22.6. The molecule has 2 amide bonds. The summed E-state index contributed by atoms with van der Waals surface area (Å²) >= 11 is 0. The number of amides is 2. The highest BCUT2D eigenvalue weighted by atomic mass is 19.1. The highest BCUT2D eigenvalue weighted by Gasteiger charge is 2.48. The SMILES string of the molecule is CCOC(=O)CC[C@H](NC(=O)COc1ccc(C2C(CCC(O)c3ccc(F)cc3)C(=O)N2c2ccc(F)cc2)cc1)C(=O)OCC. The van der Waals surface area contributed by atoms with Crippen molar-refractivity contribution in [3.63, 3.8) is 0 Å². The number of carbonyl (C=O) groups excluding carboxylic acids is 4. The van der Waals surface area contributed by atoms with Crippen LogP contribution in [0.3, 0.4) is 0 Å². The van der Waals surface area contributed by atoms with Crippen molar-refractivity contribution in [3.8, 4) is 5.75 Å². The summed E-state index contributed by atoms with van der Waals surface area (Å²) in [6.45, 7) is 3.19. The molecule has 0 bridgehead atoms. The Labute approximate surface area is 271 Å². The van der Waals surface area contributed by atoms with Gasteiger partial charge in [0.2, 0.25) is 5.91 Å². The predicted octanol–water partition coefficient (Wildman–Crippen LogP) is 4.95. The molecule has 0 aliphatic carbocycles. The number of nitrogens with zero attached hydrogens (tertiary/aromatic N) is 1. The third-order valence-corrected chi connectivity index (χ3v) is 7.76. The van der Waals surface area contributed by atoms with E-state index in [1.54, 1.807) is 43.0 Å². The summed E-state index contributed by atoms with van der Waals surface area (Å²) in [4.78, 5) is 51.6. The van der Waals surface area contributed by atoms with E-state index in [1.807, 2.05) is 0 Å². The van der Waals surface area contributed by atoms with Crippen molar-refractivity contribution in [1.29, 1.82) is 0 Å². The third-order valence-electron chi connectivity index (χ3n) is 7.76. The van der Waals surface area contributed by atoms with Crippen molar-refractivity contribution < 1.29 is 47.3 Å². The molecule has 0 aromatic heterocycles. The van der Waals surface area contributed by atoms with Gasteiger partial charge in [-0.25, -0.2) is 13.6 Å². The molecule has 12 heteroatoms. The molecule has 0 saturated carbocycles. The van der Waals surface area contributed by atoms with E-state index < -0.39 is 60.2 Å². The summed E-state index contributed by atoms with van der Waals surface area (Å²) in [6.07, 6.45) is -0.357. The molecule has 3 aromatic carbocycles. The zero-order valence-electron chi connectivity index (χ0n) is 26.2. The van der Waals surface area contributed by atoms with Crippen LogP contribution in [0.5, 0.6) is 5.75 Å². The average Bonchev–Trinajstić information content (AvgIpc) is 3.06. The molecule has 1 aliphatic heterocycles. The molecule has 2 N–H and O–H groups in total. The summed E-state index contributed by atoms with van der Waals surface area (Å²) in [5.74, 6) is -2.92. The van der Waals surface area contributed by atoms with Gasteiger partial charge >= 0.3 is 11.9 Å². The Morgan fingerprint density at radius 2 is 1.49 bits per heavy atom. The third kappa shape index (κ3) is 9.35. The fourth-order valence-corrected chi connectivity index (χ4v) is 5.42. The fraction of sp³-hybridized carbons (Fsp3) is 0.371. The summed E-state index contributed by atoms with van der Waals surface area (Å²) in [7, 11) is 0. The summed E-state index contributed by atoms with van der Waals surface area (Å²) in [5.41, 5.74) is 1.82. The minimum atomic E-state index is -1.05. The van der Waals surface area contributed by atoms with Crippen LogP contribution in [0, 0.1) is 17.6 Å². The summed E-state index contributed by atoms with van der Waals surface area (Å²) < 4.78 is 42.5. The number of halogens is 2. The number of esters is 2. The molecule has 10 nitrogen and oxygen atoms in total. The smallest absolute Gasteiger partial charge is 0.328 e. The highest BCUT2D eigenvalue weighted by Crippen LogP contribution is 2.46. The number of benzene rings is 3. The van der Waals surface area contributed by atoms with Gasteiger partial charge in [-0.15, -0.1) is 0 Å². The number of hydrogen-bond acceptors (Lipinski definition) is 8. The van der Waals surface area contributed by atoms with E-state index in [2.05, 4.69) is 5.32 Å². The molecule has 3 unspecified atom stereocenters. The van der Waals surface area contributed by atoms with Gasteiger partial charge in [0, 0.05) is 12.1 Å². The van der Waals surface area contributed by atoms with E-state index in [4.69, 9.17) is 14.2 Å². The van der Waals surface area contributed by atoms with Crippen LogP contribution >= 0.6 is 0 Å². The second-order valence-corrected chi connectivity index (χ2v) is 11.0. The van der Waals surface area contributed by atoms with Crippen LogP contribution in [-0.4, -0.2) is 54.7 Å². The van der Waals surface area contributed by atoms with Crippen LogP contribution < -0.4 is 15.0 Å². The quantitative estimate of drug-likeness (QED) is 0.164. The lowest BCUT2D eigenvalue weighted by Gasteiger charge is -2.48. The zero-order chi connectivity index (χ0) is 33.9. The lowest BCUT2D eigenvalue weighted by molar-refractivity contribution is -0.149. The predicted molar refractivity (Wildman–Crippen MR) is 167 cm³/mol. The van der Waals surface area contributed by atoms with Crippen molar-refractivity contribution in [1.82, 2.24) is 5.32 Å². The number of hydrogen-bond donors (Lipinski definition) is 2. The van der Waals surface area contributed by atoms with Gasteiger partial charge in [-0.05, 0) is 92.8 Å². The molecule has 1 saturated heterocycles. The van der Waals surface area contributed by atoms with Gasteiger partial charge in [-0.1, -0.05) is 24.3 Å². The number of aliphatic hydroxyl groups excluding tert-OH is 1. The molecule has 47 heavy (non-hydrogen) atoms. The number of β-lactam (4-membered cyclic amide) rings is 1. The monoisotopic (exact) mass is 652 g/mol. The second kappa shape index (κ2) is 16.6. The minimum Gasteiger partial charge on any atom is -0.484 e. The Balaban J connectivity index is 1.41. The maximum atomic E-state index is 13.6. The Morgan fingerprint density at radius 1 is 0.872 bits per heavy atom. The number of anilines is 1. The Hall–Kier alpha value is -4.84. The van der Waals surface area contributed by atoms with Gasteiger partial charge in [0.05, 0.1) is 31.3 Å². The van der Waals surface area contributed by atoms with E-state index in [-0.39, 0.29) is 38.4 Å². The molecule has 0 radical (unpaired) electrons. The normalized spacial score (nSPS) is 16.9. The maximum absolute atomic E-state index is 13.6. The van der Waals surface area contributed by atoms with Gasteiger partial charge < -0.3 is 29.5 Å². The summed E-state index contributed by atoms with van der Waals surface area (Å²) in [6, 6.07) is 16.5. The molecule has 3 aromatic rings. The van der Waals surface area contributed by atoms with Crippen LogP contribution in [0.4, 0.5) is 14.5 Å². The van der Waals surface area contributed by atoms with Gasteiger partial charge in [0.15, 0.2) is 6.61 Å². The van der Waals surface area contributed by atoms with Gasteiger partial charge in [0.25, 0.3) is 5.91 Å². The van der Waals surface area contributed by atoms with Gasteiger partial charge in [-0.3, -0.25) is 14.4 Å². The Morgan fingerprint density at radius 3 is 2.11 bits per heavy atom. The van der Waals surface area contributed by atoms with Crippen LogP contribution in [0.1, 0.15) is 62.8 Å². The van der Waals surface area contributed by atoms with Crippen molar-refractivity contribution >= 4 is 29.4 Å². The van der Waals surface area contributed by atoms with Crippen molar-refractivity contribution in [2.45, 2.75) is 57.7 Å². The highest BCUT2D eigenvalue weighted by molar-refractivity contribution is 6.03. The van der Waals surface area contributed by atoms with Gasteiger partial charge in [0.1, 0.15) is 23.4 Å². The van der Waals surface area contributed by atoms with Crippen molar-refractivity contribution in [3.05, 3.63) is 95.6 Å². The number of aliphatic hydroxyl groups is 1. The molecular formula is C35H38F2N2O8. The molecule has 1 heterocycles. The molecule has 1 aliphatic rings. The molecular weight excluding hydrogens is 614 g/mol. The van der Waals surface area contributed by atoms with Crippen LogP contribution in [0.15, 0.2) is 72.8 Å². The number of nitrogens with one attached hydrogen (secondary N) is 1. The standard InChI is InChI=1S/C35H38F2N2O8/c1-3-45-32(42)20-18-29(35(44)46-4-2)38-31(41)21-47-27-15-7-23(8-16-27)33-28(17-19-30(40)22-5-9-24(36)10-6-22)34(43)39(33)26-13-11-25(37)12-14-26/h5-16,28-30,33,40H,3-4,17-21H2,1-2H3,(H,38,41)/t28?,29-,30?,33?/m0/s1. The van der Waals surface area contributed by atoms with Crippen LogP contribution in [0.25, 0.3) is 0 Å². The molecule has 4 rings (SSSR count). The minimum absolute atomic E-state index is 0.00482. The molecule has 0 spiro atoms. The lowest BCUT2D eigenvalue weighted by atomic mass is 9.78. The van der Waals surface area contributed by atoms with E-state index >= 15 is 0 Å². The number of ether oxygens (including phenoxy) is 3. The first-order valence-corrected chi connectivity index (χ1v) is 15.5. The molecule has 4 atom stereocenters. The van der Waals surface area contributed by atoms with E-state index in [0.29, 0.717) is 23.4 Å².